The van der Waals surface area contributed by atoms with E-state index in [-0.39, 0.29) is 17.7 Å². The van der Waals surface area contributed by atoms with E-state index in [1.807, 2.05) is 0 Å². The molecule has 0 radical (unpaired) electrons. The first-order valence-electron chi connectivity index (χ1n) is 9.99. The van der Waals surface area contributed by atoms with Gasteiger partial charge in [-0.3, -0.25) is 19.2 Å². The predicted octanol–water partition coefficient (Wildman–Crippen LogP) is 0.443. The third-order valence-corrected chi connectivity index (χ3v) is 5.31. The molecule has 0 aliphatic carbocycles. The lowest BCUT2D eigenvalue weighted by Crippen LogP contribution is -2.59. The van der Waals surface area contributed by atoms with Gasteiger partial charge in [0.25, 0.3) is 0 Å². The molecule has 4 N–H and O–H groups in total. The molecule has 0 bridgehead atoms. The number of nitrogens with two attached hydrogens (primary N) is 1. The largest absolute Gasteiger partial charge is 0.368 e. The molecule has 152 valence electrons. The molecule has 3 atom stereocenters. The van der Waals surface area contributed by atoms with Crippen LogP contribution in [-0.4, -0.2) is 53.2 Å². The van der Waals surface area contributed by atoms with Gasteiger partial charge in [-0.1, -0.05) is 13.8 Å². The minimum atomic E-state index is -0.710. The molecule has 0 spiro atoms. The molecule has 0 saturated carbocycles. The van der Waals surface area contributed by atoms with Gasteiger partial charge in [0.05, 0.1) is 0 Å². The summed E-state index contributed by atoms with van der Waals surface area (Å²) in [5, 5.41) is 5.50. The molecule has 2 saturated heterocycles. The van der Waals surface area contributed by atoms with Crippen LogP contribution in [0.4, 0.5) is 0 Å². The monoisotopic (exact) mass is 380 g/mol. The van der Waals surface area contributed by atoms with Crippen LogP contribution in [0.3, 0.4) is 0 Å². The highest BCUT2D eigenvalue weighted by Gasteiger charge is 2.36. The van der Waals surface area contributed by atoms with Gasteiger partial charge in [-0.25, -0.2) is 0 Å². The summed E-state index contributed by atoms with van der Waals surface area (Å²) in [7, 11) is 0. The maximum Gasteiger partial charge on any atom is 0.245 e. The Hall–Kier alpha value is -2.12. The fourth-order valence-corrected chi connectivity index (χ4v) is 3.72. The van der Waals surface area contributed by atoms with Crippen LogP contribution in [0.5, 0.6) is 0 Å². The SMILES string of the molecule is CC(C)CC[C@H](NC(=O)[C@@H]1CCCC(=O)N1)C(=O)N1CCCC[C@H]1C(N)=O. The standard InChI is InChI=1S/C19H32N4O4/c1-12(2)9-10-14(22-18(26)13-6-5-8-16(24)21-13)19(27)23-11-4-3-7-15(23)17(20)25/h12-15H,3-11H2,1-2H3,(H2,20,25)(H,21,24)(H,22,26)/t13-,14-,15-/m0/s1. The van der Waals surface area contributed by atoms with E-state index in [9.17, 15) is 19.2 Å². The maximum atomic E-state index is 13.1. The van der Waals surface area contributed by atoms with Gasteiger partial charge in [0.1, 0.15) is 18.1 Å². The predicted molar refractivity (Wildman–Crippen MR) is 100 cm³/mol. The van der Waals surface area contributed by atoms with Gasteiger partial charge in [-0.15, -0.1) is 0 Å². The first-order chi connectivity index (χ1) is 12.8. The Kier molecular flexibility index (Phi) is 7.62. The average molecular weight is 380 g/mol. The highest BCUT2D eigenvalue weighted by Crippen LogP contribution is 2.20. The Morgan fingerprint density at radius 2 is 1.93 bits per heavy atom. The summed E-state index contributed by atoms with van der Waals surface area (Å²) in [6.45, 7) is 4.58. The van der Waals surface area contributed by atoms with E-state index >= 15 is 0 Å². The molecule has 0 aromatic rings. The zero-order valence-corrected chi connectivity index (χ0v) is 16.3. The van der Waals surface area contributed by atoms with Crippen LogP contribution in [0, 0.1) is 5.92 Å². The van der Waals surface area contributed by atoms with Crippen LogP contribution in [0.2, 0.25) is 0 Å². The number of rotatable bonds is 7. The lowest BCUT2D eigenvalue weighted by molar-refractivity contribution is -0.144. The fourth-order valence-electron chi connectivity index (χ4n) is 3.72. The summed E-state index contributed by atoms with van der Waals surface area (Å²) in [4.78, 5) is 50.6. The molecular weight excluding hydrogens is 348 g/mol. The molecule has 8 heteroatoms. The Bertz CT molecular complexity index is 578. The van der Waals surface area contributed by atoms with Crippen LogP contribution < -0.4 is 16.4 Å². The summed E-state index contributed by atoms with van der Waals surface area (Å²) in [5.74, 6) is -0.861. The lowest BCUT2D eigenvalue weighted by Gasteiger charge is -2.36. The van der Waals surface area contributed by atoms with E-state index in [0.29, 0.717) is 44.6 Å². The molecule has 2 fully saturated rings. The van der Waals surface area contributed by atoms with E-state index < -0.39 is 24.0 Å². The number of hydrogen-bond acceptors (Lipinski definition) is 4. The number of hydrogen-bond donors (Lipinski definition) is 3. The number of likely N-dealkylation sites (tertiary alicyclic amines) is 1. The number of amides is 4. The first kappa shape index (κ1) is 21.2. The Labute approximate surface area is 160 Å². The highest BCUT2D eigenvalue weighted by atomic mass is 16.2. The smallest absolute Gasteiger partial charge is 0.245 e. The van der Waals surface area contributed by atoms with E-state index in [1.165, 1.54) is 4.90 Å². The van der Waals surface area contributed by atoms with Crippen molar-refractivity contribution >= 4 is 23.6 Å². The van der Waals surface area contributed by atoms with Crippen molar-refractivity contribution in [2.75, 3.05) is 6.54 Å². The van der Waals surface area contributed by atoms with Crippen LogP contribution in [0.25, 0.3) is 0 Å². The maximum absolute atomic E-state index is 13.1. The number of carbonyl (C=O) groups is 4. The lowest BCUT2D eigenvalue weighted by atomic mass is 9.97. The quantitative estimate of drug-likeness (QED) is 0.593. The molecule has 8 nitrogen and oxygen atoms in total. The van der Waals surface area contributed by atoms with Crippen LogP contribution in [0.1, 0.15) is 65.2 Å². The number of primary amides is 1. The van der Waals surface area contributed by atoms with Gasteiger partial charge in [-0.2, -0.15) is 0 Å². The number of carbonyl (C=O) groups excluding carboxylic acids is 4. The highest BCUT2D eigenvalue weighted by molar-refractivity contribution is 5.94. The van der Waals surface area contributed by atoms with Crippen molar-refractivity contribution in [3.63, 3.8) is 0 Å². The summed E-state index contributed by atoms with van der Waals surface area (Å²) in [6.07, 6.45) is 5.14. The van der Waals surface area contributed by atoms with Gasteiger partial charge in [0.15, 0.2) is 0 Å². The van der Waals surface area contributed by atoms with E-state index in [2.05, 4.69) is 24.5 Å². The Balaban J connectivity index is 2.09. The molecule has 4 amide bonds. The summed E-state index contributed by atoms with van der Waals surface area (Å²) >= 11 is 0. The summed E-state index contributed by atoms with van der Waals surface area (Å²) < 4.78 is 0. The number of nitrogens with zero attached hydrogens (tertiary/aromatic N) is 1. The average Bonchev–Trinajstić information content (AvgIpc) is 2.64. The minimum absolute atomic E-state index is 0.142. The molecule has 27 heavy (non-hydrogen) atoms. The van der Waals surface area contributed by atoms with Crippen molar-refractivity contribution in [1.82, 2.24) is 15.5 Å². The zero-order valence-electron chi connectivity index (χ0n) is 16.3. The van der Waals surface area contributed by atoms with Gasteiger partial charge < -0.3 is 21.3 Å². The van der Waals surface area contributed by atoms with E-state index in [4.69, 9.17) is 5.73 Å². The van der Waals surface area contributed by atoms with Crippen LogP contribution in [-0.2, 0) is 19.2 Å². The summed E-state index contributed by atoms with van der Waals surface area (Å²) in [5.41, 5.74) is 5.48. The van der Waals surface area contributed by atoms with E-state index in [0.717, 1.165) is 19.3 Å². The molecule has 2 aliphatic rings. The first-order valence-corrected chi connectivity index (χ1v) is 9.99. The molecule has 2 rings (SSSR count). The van der Waals surface area contributed by atoms with Gasteiger partial charge in [-0.05, 0) is 50.9 Å². The molecule has 0 aromatic heterocycles. The topological polar surface area (TPSA) is 122 Å². The number of nitrogens with one attached hydrogen (secondary N) is 2. The van der Waals surface area contributed by atoms with Gasteiger partial charge >= 0.3 is 0 Å². The summed E-state index contributed by atoms with van der Waals surface area (Å²) in [6, 6.07) is -1.92. The molecular formula is C19H32N4O4. The van der Waals surface area contributed by atoms with Crippen molar-refractivity contribution < 1.29 is 19.2 Å². The second-order valence-corrected chi connectivity index (χ2v) is 7.99. The molecule has 2 aliphatic heterocycles. The zero-order chi connectivity index (χ0) is 20.0. The van der Waals surface area contributed by atoms with Crippen molar-refractivity contribution in [2.45, 2.75) is 83.3 Å². The van der Waals surface area contributed by atoms with Crippen molar-refractivity contribution in [3.05, 3.63) is 0 Å². The van der Waals surface area contributed by atoms with Crippen molar-refractivity contribution in [3.8, 4) is 0 Å². The molecule has 2 heterocycles. The third kappa shape index (κ3) is 5.94. The van der Waals surface area contributed by atoms with Crippen molar-refractivity contribution in [1.29, 1.82) is 0 Å². The minimum Gasteiger partial charge on any atom is -0.368 e. The second-order valence-electron chi connectivity index (χ2n) is 7.99. The second kappa shape index (κ2) is 9.71. The van der Waals surface area contributed by atoms with Gasteiger partial charge in [0, 0.05) is 13.0 Å². The van der Waals surface area contributed by atoms with E-state index in [1.54, 1.807) is 0 Å². The molecule has 0 unspecified atom stereocenters. The molecule has 0 aromatic carbocycles. The number of piperidine rings is 2. The van der Waals surface area contributed by atoms with Crippen molar-refractivity contribution in [2.24, 2.45) is 11.7 Å². The Morgan fingerprint density at radius 1 is 1.19 bits per heavy atom. The third-order valence-electron chi connectivity index (χ3n) is 5.31. The normalized spacial score (nSPS) is 24.3. The Morgan fingerprint density at radius 3 is 2.56 bits per heavy atom. The van der Waals surface area contributed by atoms with Crippen LogP contribution in [0.15, 0.2) is 0 Å². The van der Waals surface area contributed by atoms with Crippen LogP contribution >= 0.6 is 0 Å². The van der Waals surface area contributed by atoms with Gasteiger partial charge in [0.2, 0.25) is 23.6 Å². The fraction of sp³-hybridized carbons (Fsp3) is 0.789.